The lowest BCUT2D eigenvalue weighted by atomic mass is 9.79. The number of carbonyl (C=O) groups excluding carboxylic acids is 1. The number of likely N-dealkylation sites (tertiary alicyclic amines) is 1. The van der Waals surface area contributed by atoms with E-state index in [1.807, 2.05) is 6.92 Å². The van der Waals surface area contributed by atoms with Gasteiger partial charge in [0.05, 0.1) is 6.54 Å². The van der Waals surface area contributed by atoms with Crippen LogP contribution in [-0.4, -0.2) is 42.9 Å². The maximum absolute atomic E-state index is 14.0. The van der Waals surface area contributed by atoms with E-state index in [9.17, 15) is 9.18 Å². The van der Waals surface area contributed by atoms with Gasteiger partial charge in [0.1, 0.15) is 5.82 Å². The normalized spacial score (nSPS) is 23.9. The molecular weight excluding hydrogens is 343 g/mol. The van der Waals surface area contributed by atoms with Crippen LogP contribution in [0.3, 0.4) is 0 Å². The van der Waals surface area contributed by atoms with E-state index in [0.29, 0.717) is 17.0 Å². The highest BCUT2D eigenvalue weighted by Crippen LogP contribution is 2.36. The Morgan fingerprint density at radius 2 is 2.36 bits per heavy atom. The number of guanidine groups is 1. The van der Waals surface area contributed by atoms with Gasteiger partial charge in [-0.2, -0.15) is 0 Å². The van der Waals surface area contributed by atoms with E-state index < -0.39 is 0 Å². The van der Waals surface area contributed by atoms with Gasteiger partial charge >= 0.3 is 0 Å². The van der Waals surface area contributed by atoms with Gasteiger partial charge in [-0.25, -0.2) is 9.38 Å². The van der Waals surface area contributed by atoms with Crippen molar-refractivity contribution < 1.29 is 9.18 Å². The molecule has 5 nitrogen and oxygen atoms in total. The molecule has 1 spiro atoms. The molecule has 2 fully saturated rings. The Kier molecular flexibility index (Phi) is 5.47. The number of nitrogens with one attached hydrogen (secondary N) is 2. The van der Waals surface area contributed by atoms with E-state index in [1.54, 1.807) is 12.1 Å². The molecule has 1 aromatic carbocycles. The Bertz CT molecular complexity index is 661. The summed E-state index contributed by atoms with van der Waals surface area (Å²) in [7, 11) is 0. The minimum Gasteiger partial charge on any atom is -0.357 e. The predicted octanol–water partition coefficient (Wildman–Crippen LogP) is 2.55. The second-order valence-electron chi connectivity index (χ2n) is 6.85. The molecule has 2 saturated heterocycles. The molecule has 0 radical (unpaired) electrons. The van der Waals surface area contributed by atoms with Crippen molar-refractivity contribution in [1.82, 2.24) is 15.5 Å². The molecule has 2 N–H and O–H groups in total. The summed E-state index contributed by atoms with van der Waals surface area (Å²) in [5.74, 6) is 0.537. The van der Waals surface area contributed by atoms with Gasteiger partial charge in [0.25, 0.3) is 0 Å². The van der Waals surface area contributed by atoms with Gasteiger partial charge in [0.15, 0.2) is 5.96 Å². The summed E-state index contributed by atoms with van der Waals surface area (Å²) in [5.41, 5.74) is 0.394. The van der Waals surface area contributed by atoms with Crippen LogP contribution in [0.25, 0.3) is 0 Å². The molecule has 2 heterocycles. The van der Waals surface area contributed by atoms with Crippen LogP contribution < -0.4 is 10.6 Å². The second-order valence-corrected chi connectivity index (χ2v) is 7.26. The maximum Gasteiger partial charge on any atom is 0.220 e. The highest BCUT2D eigenvalue weighted by molar-refractivity contribution is 6.31. The molecule has 0 aromatic heterocycles. The summed E-state index contributed by atoms with van der Waals surface area (Å²) in [6.45, 7) is 5.31. The van der Waals surface area contributed by atoms with Crippen LogP contribution in [0, 0.1) is 11.2 Å². The number of amides is 1. The van der Waals surface area contributed by atoms with Gasteiger partial charge in [-0.3, -0.25) is 4.79 Å². The zero-order valence-electron chi connectivity index (χ0n) is 14.4. The minimum absolute atomic E-state index is 0.0127. The quantitative estimate of drug-likeness (QED) is 0.638. The van der Waals surface area contributed by atoms with Crippen LogP contribution >= 0.6 is 11.6 Å². The molecule has 25 heavy (non-hydrogen) atoms. The van der Waals surface area contributed by atoms with E-state index in [-0.39, 0.29) is 23.7 Å². The summed E-state index contributed by atoms with van der Waals surface area (Å²) in [6, 6.07) is 4.66. The van der Waals surface area contributed by atoms with E-state index in [2.05, 4.69) is 20.5 Å². The number of nitrogens with zero attached hydrogens (tertiary/aromatic N) is 2. The first-order valence-electron chi connectivity index (χ1n) is 8.76. The van der Waals surface area contributed by atoms with E-state index in [4.69, 9.17) is 11.6 Å². The number of benzene rings is 1. The Labute approximate surface area is 152 Å². The van der Waals surface area contributed by atoms with E-state index in [0.717, 1.165) is 45.0 Å². The van der Waals surface area contributed by atoms with Crippen molar-refractivity contribution in [3.8, 4) is 0 Å². The fourth-order valence-corrected chi connectivity index (χ4v) is 3.91. The lowest BCUT2D eigenvalue weighted by molar-refractivity contribution is -0.119. The second kappa shape index (κ2) is 7.60. The van der Waals surface area contributed by atoms with Gasteiger partial charge in [0.2, 0.25) is 5.91 Å². The lowest BCUT2D eigenvalue weighted by Crippen LogP contribution is -2.51. The van der Waals surface area contributed by atoms with Crippen LogP contribution in [0.5, 0.6) is 0 Å². The SMILES string of the molecule is CCNC(=NCc1c(F)cccc1Cl)N1CCCC2(CNC(=O)C2)C1. The maximum atomic E-state index is 14.0. The molecule has 1 amide bonds. The fourth-order valence-electron chi connectivity index (χ4n) is 3.69. The first-order valence-corrected chi connectivity index (χ1v) is 9.14. The summed E-state index contributed by atoms with van der Waals surface area (Å²) in [4.78, 5) is 18.5. The van der Waals surface area contributed by atoms with Gasteiger partial charge in [-0.1, -0.05) is 17.7 Å². The molecule has 2 aliphatic rings. The van der Waals surface area contributed by atoms with Crippen molar-refractivity contribution in [2.45, 2.75) is 32.7 Å². The molecule has 0 aliphatic carbocycles. The number of hydrogen-bond donors (Lipinski definition) is 2. The van der Waals surface area contributed by atoms with Crippen molar-refractivity contribution in [3.63, 3.8) is 0 Å². The van der Waals surface area contributed by atoms with Crippen LogP contribution in [0.4, 0.5) is 4.39 Å². The zero-order valence-corrected chi connectivity index (χ0v) is 15.2. The summed E-state index contributed by atoms with van der Waals surface area (Å²) in [6.07, 6.45) is 2.63. The van der Waals surface area contributed by atoms with Gasteiger partial charge in [-0.15, -0.1) is 0 Å². The largest absolute Gasteiger partial charge is 0.357 e. The average Bonchev–Trinajstić information content (AvgIpc) is 2.93. The summed E-state index contributed by atoms with van der Waals surface area (Å²) >= 11 is 6.10. The molecule has 2 aliphatic heterocycles. The molecule has 3 rings (SSSR count). The van der Waals surface area contributed by atoms with Gasteiger partial charge < -0.3 is 15.5 Å². The molecule has 0 saturated carbocycles. The highest BCUT2D eigenvalue weighted by Gasteiger charge is 2.42. The number of piperidine rings is 1. The standard InChI is InChI=1S/C18H24ClFN4O/c1-2-21-17(22-10-13-14(19)5-3-6-15(13)20)24-8-4-7-18(12-24)9-16(25)23-11-18/h3,5-6H,2,4,7-12H2,1H3,(H,21,22)(H,23,25). The predicted molar refractivity (Wildman–Crippen MR) is 97.1 cm³/mol. The first kappa shape index (κ1) is 18.0. The van der Waals surface area contributed by atoms with Gasteiger partial charge in [0, 0.05) is 48.6 Å². The van der Waals surface area contributed by atoms with Crippen LogP contribution in [0.15, 0.2) is 23.2 Å². The minimum atomic E-state index is -0.340. The van der Waals surface area contributed by atoms with Crippen molar-refractivity contribution in [3.05, 3.63) is 34.6 Å². The lowest BCUT2D eigenvalue weighted by Gasteiger charge is -2.40. The fraction of sp³-hybridized carbons (Fsp3) is 0.556. The third-order valence-electron chi connectivity index (χ3n) is 4.94. The molecule has 0 bridgehead atoms. The molecule has 136 valence electrons. The summed E-state index contributed by atoms with van der Waals surface area (Å²) < 4.78 is 14.0. The molecular formula is C18H24ClFN4O. The van der Waals surface area contributed by atoms with Crippen molar-refractivity contribution >= 4 is 23.5 Å². The average molecular weight is 367 g/mol. The molecule has 7 heteroatoms. The Balaban J connectivity index is 1.77. The zero-order chi connectivity index (χ0) is 17.9. The van der Waals surface area contributed by atoms with Crippen molar-refractivity contribution in [2.24, 2.45) is 10.4 Å². The topological polar surface area (TPSA) is 56.7 Å². The third kappa shape index (κ3) is 4.06. The van der Waals surface area contributed by atoms with Crippen LogP contribution in [0.1, 0.15) is 31.7 Å². The third-order valence-corrected chi connectivity index (χ3v) is 5.29. The number of aliphatic imine (C=N–C) groups is 1. The van der Waals surface area contributed by atoms with Crippen LogP contribution in [0.2, 0.25) is 5.02 Å². The Morgan fingerprint density at radius 3 is 3.04 bits per heavy atom. The molecule has 1 aromatic rings. The Morgan fingerprint density at radius 1 is 1.52 bits per heavy atom. The molecule has 1 atom stereocenters. The van der Waals surface area contributed by atoms with E-state index in [1.165, 1.54) is 6.07 Å². The monoisotopic (exact) mass is 366 g/mol. The highest BCUT2D eigenvalue weighted by atomic mass is 35.5. The first-order chi connectivity index (χ1) is 12.0. The van der Waals surface area contributed by atoms with Crippen molar-refractivity contribution in [2.75, 3.05) is 26.2 Å². The van der Waals surface area contributed by atoms with Crippen molar-refractivity contribution in [1.29, 1.82) is 0 Å². The number of halogens is 2. The number of rotatable bonds is 3. The summed E-state index contributed by atoms with van der Waals surface area (Å²) in [5, 5.41) is 6.62. The smallest absolute Gasteiger partial charge is 0.220 e. The number of carbonyl (C=O) groups is 1. The van der Waals surface area contributed by atoms with Crippen LogP contribution in [-0.2, 0) is 11.3 Å². The van der Waals surface area contributed by atoms with E-state index >= 15 is 0 Å². The van der Waals surface area contributed by atoms with Gasteiger partial charge in [-0.05, 0) is 31.9 Å². The Hall–Kier alpha value is -1.82. The molecule has 1 unspecified atom stereocenters. The number of hydrogen-bond acceptors (Lipinski definition) is 2.